The van der Waals surface area contributed by atoms with E-state index in [1.54, 1.807) is 24.0 Å². The Morgan fingerprint density at radius 2 is 1.85 bits per heavy atom. The number of nitrogens with zero attached hydrogens (tertiary/aromatic N) is 1. The van der Waals surface area contributed by atoms with Gasteiger partial charge in [-0.1, -0.05) is 50.6 Å². The maximum absolute atomic E-state index is 12.6. The number of hydrogen-bond acceptors (Lipinski definition) is 4. The summed E-state index contributed by atoms with van der Waals surface area (Å²) in [5.74, 6) is -0.790. The lowest BCUT2D eigenvalue weighted by Crippen LogP contribution is -2.37. The second-order valence-electron chi connectivity index (χ2n) is 6.27. The monoisotopic (exact) mass is 361 g/mol. The molecule has 1 rings (SSSR count). The topological polar surface area (TPSA) is 55.8 Å². The first kappa shape index (κ1) is 21.9. The number of benzene rings is 1. The molecule has 0 aromatic heterocycles. The van der Waals surface area contributed by atoms with Crippen LogP contribution in [0.1, 0.15) is 38.7 Å². The molecular weight excluding hydrogens is 330 g/mol. The van der Waals surface area contributed by atoms with Crippen LogP contribution in [0.5, 0.6) is 0 Å². The number of methoxy groups -OCH3 is 1. The molecule has 0 bridgehead atoms. The zero-order valence-corrected chi connectivity index (χ0v) is 16.1. The zero-order chi connectivity index (χ0) is 19.2. The van der Waals surface area contributed by atoms with E-state index in [1.165, 1.54) is 7.11 Å². The van der Waals surface area contributed by atoms with Crippen molar-refractivity contribution in [2.45, 2.75) is 33.1 Å². The molecule has 0 N–H and O–H groups in total. The number of carbonyl (C=O) groups excluding carboxylic acids is 2. The highest BCUT2D eigenvalue weighted by atomic mass is 16.5. The van der Waals surface area contributed by atoms with Crippen LogP contribution < -0.4 is 0 Å². The first-order valence-corrected chi connectivity index (χ1v) is 9.26. The van der Waals surface area contributed by atoms with Gasteiger partial charge < -0.3 is 14.4 Å². The molecule has 0 heterocycles. The molecule has 144 valence electrons. The molecule has 0 saturated carbocycles. The predicted octanol–water partition coefficient (Wildman–Crippen LogP) is 3.54. The van der Waals surface area contributed by atoms with E-state index in [4.69, 9.17) is 9.47 Å². The van der Waals surface area contributed by atoms with Gasteiger partial charge in [-0.25, -0.2) is 0 Å². The highest BCUT2D eigenvalue weighted by molar-refractivity contribution is 5.92. The fraction of sp³-hybridized carbons (Fsp3) is 0.524. The molecule has 1 amide bonds. The van der Waals surface area contributed by atoms with E-state index < -0.39 is 0 Å². The maximum atomic E-state index is 12.6. The Labute approximate surface area is 157 Å². The molecule has 26 heavy (non-hydrogen) atoms. The largest absolute Gasteiger partial charge is 0.469 e. The van der Waals surface area contributed by atoms with Crippen LogP contribution in [0.2, 0.25) is 0 Å². The molecule has 0 spiro atoms. The van der Waals surface area contributed by atoms with Gasteiger partial charge in [-0.2, -0.15) is 0 Å². The van der Waals surface area contributed by atoms with Crippen molar-refractivity contribution in [3.05, 3.63) is 42.0 Å². The van der Waals surface area contributed by atoms with Gasteiger partial charge in [0.2, 0.25) is 5.91 Å². The Balaban J connectivity index is 2.61. The lowest BCUT2D eigenvalue weighted by Gasteiger charge is -2.24. The molecule has 0 radical (unpaired) electrons. The van der Waals surface area contributed by atoms with Gasteiger partial charge in [0.05, 0.1) is 13.0 Å². The minimum absolute atomic E-state index is 0.113. The minimum Gasteiger partial charge on any atom is -0.469 e. The standard InChI is InChI=1S/C21H31NO4/c1-4-5-15-26-16-9-14-22(17-18(2)21(24)25-3)20(23)13-12-19-10-7-6-8-11-19/h6-8,10-13,18H,4-5,9,14-17H2,1-3H3/b13-12+. The lowest BCUT2D eigenvalue weighted by molar-refractivity contribution is -0.146. The van der Waals surface area contributed by atoms with E-state index in [-0.39, 0.29) is 17.8 Å². The average molecular weight is 361 g/mol. The van der Waals surface area contributed by atoms with Gasteiger partial charge in [0, 0.05) is 32.4 Å². The third kappa shape index (κ3) is 8.81. The van der Waals surface area contributed by atoms with Gasteiger partial charge in [0.1, 0.15) is 0 Å². The molecule has 0 aliphatic heterocycles. The van der Waals surface area contributed by atoms with Crippen LogP contribution in [0, 0.1) is 5.92 Å². The van der Waals surface area contributed by atoms with E-state index in [2.05, 4.69) is 6.92 Å². The quantitative estimate of drug-likeness (QED) is 0.325. The van der Waals surface area contributed by atoms with Gasteiger partial charge in [0.25, 0.3) is 0 Å². The number of esters is 1. The number of carbonyl (C=O) groups is 2. The number of rotatable bonds is 12. The summed E-state index contributed by atoms with van der Waals surface area (Å²) < 4.78 is 10.3. The summed E-state index contributed by atoms with van der Waals surface area (Å²) in [4.78, 5) is 26.0. The van der Waals surface area contributed by atoms with E-state index in [0.717, 1.165) is 31.4 Å². The van der Waals surface area contributed by atoms with Crippen molar-refractivity contribution in [2.24, 2.45) is 5.92 Å². The summed E-state index contributed by atoms with van der Waals surface area (Å²) in [7, 11) is 1.36. The van der Waals surface area contributed by atoms with Gasteiger partial charge in [-0.3, -0.25) is 9.59 Å². The summed E-state index contributed by atoms with van der Waals surface area (Å²) >= 11 is 0. The van der Waals surface area contributed by atoms with Crippen LogP contribution in [-0.4, -0.2) is 50.2 Å². The number of amides is 1. The van der Waals surface area contributed by atoms with Crippen LogP contribution in [0.15, 0.2) is 36.4 Å². The summed E-state index contributed by atoms with van der Waals surface area (Å²) in [5, 5.41) is 0. The molecule has 1 aromatic rings. The second-order valence-corrected chi connectivity index (χ2v) is 6.27. The van der Waals surface area contributed by atoms with Crippen molar-refractivity contribution in [2.75, 3.05) is 33.4 Å². The molecule has 1 aromatic carbocycles. The van der Waals surface area contributed by atoms with E-state index in [1.807, 2.05) is 30.3 Å². The Morgan fingerprint density at radius 1 is 1.15 bits per heavy atom. The van der Waals surface area contributed by atoms with Crippen LogP contribution in [0.4, 0.5) is 0 Å². The predicted molar refractivity (Wildman–Crippen MR) is 104 cm³/mol. The SMILES string of the molecule is CCCCOCCCN(CC(C)C(=O)OC)C(=O)/C=C/c1ccccc1. The zero-order valence-electron chi connectivity index (χ0n) is 16.1. The second kappa shape index (κ2) is 13.1. The van der Waals surface area contributed by atoms with Crippen LogP contribution in [-0.2, 0) is 19.1 Å². The molecule has 0 fully saturated rings. The molecule has 0 aliphatic rings. The average Bonchev–Trinajstić information content (AvgIpc) is 2.67. The van der Waals surface area contributed by atoms with Crippen molar-refractivity contribution in [3.63, 3.8) is 0 Å². The van der Waals surface area contributed by atoms with Crippen LogP contribution in [0.3, 0.4) is 0 Å². The third-order valence-corrected chi connectivity index (χ3v) is 3.99. The summed E-state index contributed by atoms with van der Waals surface area (Å²) in [6, 6.07) is 9.66. The molecule has 5 nitrogen and oxygen atoms in total. The van der Waals surface area contributed by atoms with Gasteiger partial charge in [-0.05, 0) is 24.5 Å². The van der Waals surface area contributed by atoms with Gasteiger partial charge in [0.15, 0.2) is 0 Å². The van der Waals surface area contributed by atoms with Crippen molar-refractivity contribution in [1.82, 2.24) is 4.90 Å². The van der Waals surface area contributed by atoms with Gasteiger partial charge >= 0.3 is 5.97 Å². The first-order valence-electron chi connectivity index (χ1n) is 9.26. The molecule has 1 unspecified atom stereocenters. The fourth-order valence-corrected chi connectivity index (χ4v) is 2.44. The normalized spacial score (nSPS) is 12.1. The lowest BCUT2D eigenvalue weighted by atomic mass is 10.1. The molecule has 1 atom stereocenters. The number of hydrogen-bond donors (Lipinski definition) is 0. The van der Waals surface area contributed by atoms with E-state index in [0.29, 0.717) is 19.7 Å². The Morgan fingerprint density at radius 3 is 2.50 bits per heavy atom. The number of unbranched alkanes of at least 4 members (excludes halogenated alkanes) is 1. The fourth-order valence-electron chi connectivity index (χ4n) is 2.44. The molecule has 5 heteroatoms. The highest BCUT2D eigenvalue weighted by Gasteiger charge is 2.20. The minimum atomic E-state index is -0.366. The number of ether oxygens (including phenoxy) is 2. The third-order valence-electron chi connectivity index (χ3n) is 3.99. The smallest absolute Gasteiger partial charge is 0.310 e. The Bertz CT molecular complexity index is 556. The first-order chi connectivity index (χ1) is 12.6. The van der Waals surface area contributed by atoms with E-state index in [9.17, 15) is 9.59 Å². The van der Waals surface area contributed by atoms with Crippen molar-refractivity contribution < 1.29 is 19.1 Å². The van der Waals surface area contributed by atoms with Crippen molar-refractivity contribution >= 4 is 18.0 Å². The summed E-state index contributed by atoms with van der Waals surface area (Å²) in [5.41, 5.74) is 0.963. The molecule has 0 saturated heterocycles. The maximum Gasteiger partial charge on any atom is 0.310 e. The Kier molecular flexibility index (Phi) is 11.0. The molecule has 0 aliphatic carbocycles. The molecular formula is C21H31NO4. The van der Waals surface area contributed by atoms with E-state index >= 15 is 0 Å². The van der Waals surface area contributed by atoms with Crippen molar-refractivity contribution in [1.29, 1.82) is 0 Å². The van der Waals surface area contributed by atoms with Crippen LogP contribution in [0.25, 0.3) is 6.08 Å². The van der Waals surface area contributed by atoms with Gasteiger partial charge in [-0.15, -0.1) is 0 Å². The van der Waals surface area contributed by atoms with Crippen LogP contribution >= 0.6 is 0 Å². The summed E-state index contributed by atoms with van der Waals surface area (Å²) in [6.07, 6.45) is 6.23. The van der Waals surface area contributed by atoms with Crippen molar-refractivity contribution in [3.8, 4) is 0 Å². The summed E-state index contributed by atoms with van der Waals surface area (Å²) in [6.45, 7) is 6.13. The highest BCUT2D eigenvalue weighted by Crippen LogP contribution is 2.07. The Hall–Kier alpha value is -2.14.